The minimum atomic E-state index is -0.281. The summed E-state index contributed by atoms with van der Waals surface area (Å²) >= 11 is 1.39. The van der Waals surface area contributed by atoms with Crippen molar-refractivity contribution in [2.75, 3.05) is 12.8 Å². The van der Waals surface area contributed by atoms with E-state index in [1.165, 1.54) is 23.5 Å². The molecule has 106 valence electrons. The van der Waals surface area contributed by atoms with Gasteiger partial charge in [0.2, 0.25) is 0 Å². The molecule has 5 heteroatoms. The molecule has 1 amide bonds. The maximum atomic E-state index is 12.9. The van der Waals surface area contributed by atoms with Crippen molar-refractivity contribution in [3.05, 3.63) is 51.5 Å². The summed E-state index contributed by atoms with van der Waals surface area (Å²) in [5, 5.41) is 0. The molecule has 0 fully saturated rings. The minimum absolute atomic E-state index is 0.0772. The number of hydrogen-bond donors (Lipinski definition) is 1. The van der Waals surface area contributed by atoms with Crippen LogP contribution in [0.2, 0.25) is 0 Å². The van der Waals surface area contributed by atoms with Gasteiger partial charge in [-0.15, -0.1) is 11.3 Å². The Morgan fingerprint density at radius 1 is 1.35 bits per heavy atom. The van der Waals surface area contributed by atoms with Gasteiger partial charge in [0.05, 0.1) is 10.9 Å². The van der Waals surface area contributed by atoms with Crippen molar-refractivity contribution < 1.29 is 9.18 Å². The van der Waals surface area contributed by atoms with Gasteiger partial charge in [-0.3, -0.25) is 4.79 Å². The number of halogens is 1. The molecule has 20 heavy (non-hydrogen) atoms. The van der Waals surface area contributed by atoms with Gasteiger partial charge >= 0.3 is 0 Å². The van der Waals surface area contributed by atoms with E-state index < -0.39 is 0 Å². The van der Waals surface area contributed by atoms with Gasteiger partial charge in [-0.05, 0) is 37.6 Å². The molecule has 2 rings (SSSR count). The lowest BCUT2D eigenvalue weighted by molar-refractivity contribution is 0.0747. The lowest BCUT2D eigenvalue weighted by Crippen LogP contribution is -2.29. The van der Waals surface area contributed by atoms with E-state index in [0.29, 0.717) is 10.6 Å². The number of rotatable bonds is 3. The molecule has 0 aliphatic rings. The molecule has 3 nitrogen and oxygen atoms in total. The summed E-state index contributed by atoms with van der Waals surface area (Å²) in [6.07, 6.45) is 0. The van der Waals surface area contributed by atoms with Crippen molar-refractivity contribution >= 4 is 22.9 Å². The normalized spacial score (nSPS) is 12.2. The third kappa shape index (κ3) is 2.82. The molecule has 0 aliphatic heterocycles. The predicted octanol–water partition coefficient (Wildman–Crippen LogP) is 3.61. The zero-order chi connectivity index (χ0) is 14.9. The third-order valence-electron chi connectivity index (χ3n) is 3.42. The van der Waals surface area contributed by atoms with Gasteiger partial charge in [-0.1, -0.05) is 12.1 Å². The number of aryl methyl sites for hydroxylation is 1. The second-order valence-corrected chi connectivity index (χ2v) is 6.02. The molecule has 0 aliphatic carbocycles. The van der Waals surface area contributed by atoms with E-state index in [4.69, 9.17) is 5.73 Å². The molecule has 0 radical (unpaired) electrons. The van der Waals surface area contributed by atoms with Gasteiger partial charge in [0.1, 0.15) is 5.82 Å². The van der Waals surface area contributed by atoms with Crippen LogP contribution in [0.15, 0.2) is 30.3 Å². The van der Waals surface area contributed by atoms with Crippen molar-refractivity contribution in [1.82, 2.24) is 4.90 Å². The fourth-order valence-corrected chi connectivity index (χ4v) is 2.84. The largest absolute Gasteiger partial charge is 0.398 e. The molecule has 2 N–H and O–H groups in total. The maximum absolute atomic E-state index is 12.9. The first kappa shape index (κ1) is 14.5. The highest BCUT2D eigenvalue weighted by Gasteiger charge is 2.21. The number of nitrogens with two attached hydrogens (primary N) is 1. The molecule has 1 aromatic heterocycles. The highest BCUT2D eigenvalue weighted by molar-refractivity contribution is 7.14. The molecule has 1 heterocycles. The van der Waals surface area contributed by atoms with Crippen LogP contribution in [0.1, 0.15) is 33.1 Å². The second-order valence-electron chi connectivity index (χ2n) is 4.77. The number of carbonyl (C=O) groups excluding carboxylic acids is 1. The standard InChI is InChI=1S/C15H17FN2OS/c1-9(11-4-6-12(16)7-5-11)18(3)15(19)14-8-13(17)10(2)20-14/h4-9H,17H2,1-3H3. The summed E-state index contributed by atoms with van der Waals surface area (Å²) < 4.78 is 12.9. The lowest BCUT2D eigenvalue weighted by Gasteiger charge is -2.24. The molecule has 0 saturated carbocycles. The molecular weight excluding hydrogens is 275 g/mol. The number of hydrogen-bond acceptors (Lipinski definition) is 3. The summed E-state index contributed by atoms with van der Waals surface area (Å²) in [7, 11) is 1.74. The average molecular weight is 292 g/mol. The number of thiophene rings is 1. The van der Waals surface area contributed by atoms with Crippen LogP contribution in [-0.4, -0.2) is 17.9 Å². The van der Waals surface area contributed by atoms with Crippen molar-refractivity contribution in [2.45, 2.75) is 19.9 Å². The zero-order valence-electron chi connectivity index (χ0n) is 11.7. The van der Waals surface area contributed by atoms with Gasteiger partial charge in [-0.25, -0.2) is 4.39 Å². The smallest absolute Gasteiger partial charge is 0.264 e. The van der Waals surface area contributed by atoms with Crippen molar-refractivity contribution in [1.29, 1.82) is 0 Å². The van der Waals surface area contributed by atoms with E-state index in [1.54, 1.807) is 30.1 Å². The molecule has 2 aromatic rings. The van der Waals surface area contributed by atoms with Gasteiger partial charge < -0.3 is 10.6 Å². The van der Waals surface area contributed by atoms with E-state index in [0.717, 1.165) is 10.4 Å². The highest BCUT2D eigenvalue weighted by Crippen LogP contribution is 2.27. The second kappa shape index (κ2) is 5.63. The van der Waals surface area contributed by atoms with Gasteiger partial charge in [0.25, 0.3) is 5.91 Å². The summed E-state index contributed by atoms with van der Waals surface area (Å²) in [4.78, 5) is 15.6. The topological polar surface area (TPSA) is 46.3 Å². The quantitative estimate of drug-likeness (QED) is 0.939. The number of nitrogen functional groups attached to an aromatic ring is 1. The Morgan fingerprint density at radius 3 is 2.45 bits per heavy atom. The van der Waals surface area contributed by atoms with E-state index in [1.807, 2.05) is 13.8 Å². The number of carbonyl (C=O) groups is 1. The number of amides is 1. The summed E-state index contributed by atoms with van der Waals surface area (Å²) in [5.74, 6) is -0.358. The summed E-state index contributed by atoms with van der Waals surface area (Å²) in [6, 6.07) is 7.76. The number of benzene rings is 1. The first-order valence-corrected chi connectivity index (χ1v) is 7.10. The molecule has 0 bridgehead atoms. The fraction of sp³-hybridized carbons (Fsp3) is 0.267. The molecule has 0 saturated heterocycles. The molecular formula is C15H17FN2OS. The number of anilines is 1. The Kier molecular flexibility index (Phi) is 4.09. The van der Waals surface area contributed by atoms with Crippen molar-refractivity contribution in [3.63, 3.8) is 0 Å². The van der Waals surface area contributed by atoms with E-state index in [-0.39, 0.29) is 17.8 Å². The van der Waals surface area contributed by atoms with Crippen molar-refractivity contribution in [2.24, 2.45) is 0 Å². The highest BCUT2D eigenvalue weighted by atomic mass is 32.1. The SMILES string of the molecule is Cc1sc(C(=O)N(C)C(C)c2ccc(F)cc2)cc1N. The Balaban J connectivity index is 2.19. The Morgan fingerprint density at radius 2 is 1.95 bits per heavy atom. The monoisotopic (exact) mass is 292 g/mol. The van der Waals surface area contributed by atoms with Gasteiger partial charge in [-0.2, -0.15) is 0 Å². The third-order valence-corrected chi connectivity index (χ3v) is 4.47. The first-order valence-electron chi connectivity index (χ1n) is 6.28. The van der Waals surface area contributed by atoms with Gasteiger partial charge in [0, 0.05) is 17.6 Å². The number of nitrogens with zero attached hydrogens (tertiary/aromatic N) is 1. The molecule has 1 unspecified atom stereocenters. The van der Waals surface area contributed by atoms with Crippen LogP contribution in [0, 0.1) is 12.7 Å². The van der Waals surface area contributed by atoms with Crippen LogP contribution in [0.5, 0.6) is 0 Å². The van der Waals surface area contributed by atoms with Crippen LogP contribution in [-0.2, 0) is 0 Å². The average Bonchev–Trinajstić information content (AvgIpc) is 2.77. The Hall–Kier alpha value is -1.88. The first-order chi connectivity index (χ1) is 9.40. The maximum Gasteiger partial charge on any atom is 0.264 e. The van der Waals surface area contributed by atoms with Crippen LogP contribution in [0.4, 0.5) is 10.1 Å². The Labute approximate surface area is 121 Å². The lowest BCUT2D eigenvalue weighted by atomic mass is 10.1. The molecule has 0 spiro atoms. The van der Waals surface area contributed by atoms with Gasteiger partial charge in [0.15, 0.2) is 0 Å². The summed E-state index contributed by atoms with van der Waals surface area (Å²) in [5.41, 5.74) is 7.31. The molecule has 1 aromatic carbocycles. The van der Waals surface area contributed by atoms with Crippen LogP contribution < -0.4 is 5.73 Å². The van der Waals surface area contributed by atoms with Crippen LogP contribution in [0.25, 0.3) is 0 Å². The Bertz CT molecular complexity index is 602. The van der Waals surface area contributed by atoms with E-state index >= 15 is 0 Å². The minimum Gasteiger partial charge on any atom is -0.398 e. The van der Waals surface area contributed by atoms with Crippen molar-refractivity contribution in [3.8, 4) is 0 Å². The van der Waals surface area contributed by atoms with E-state index in [2.05, 4.69) is 0 Å². The molecule has 1 atom stereocenters. The predicted molar refractivity (Wildman–Crippen MR) is 80.4 cm³/mol. The van der Waals surface area contributed by atoms with Crippen LogP contribution >= 0.6 is 11.3 Å². The summed E-state index contributed by atoms with van der Waals surface area (Å²) in [6.45, 7) is 3.80. The fourth-order valence-electron chi connectivity index (χ4n) is 1.92. The zero-order valence-corrected chi connectivity index (χ0v) is 12.5. The van der Waals surface area contributed by atoms with Crippen LogP contribution in [0.3, 0.4) is 0 Å². The van der Waals surface area contributed by atoms with E-state index in [9.17, 15) is 9.18 Å².